The summed E-state index contributed by atoms with van der Waals surface area (Å²) in [5.41, 5.74) is 2.53. The largest absolute Gasteiger partial charge is 0.127 e. The minimum absolute atomic E-state index is 0.817. The molecule has 0 N–H and O–H groups in total. The van der Waals surface area contributed by atoms with Crippen LogP contribution in [0.5, 0.6) is 0 Å². The molecule has 2 aromatic carbocycles. The van der Waals surface area contributed by atoms with Gasteiger partial charge in [0, 0.05) is 9.37 Å². The van der Waals surface area contributed by atoms with Gasteiger partial charge in [0.05, 0.1) is 5.02 Å². The molecule has 0 aromatic heterocycles. The third-order valence-electron chi connectivity index (χ3n) is 2.51. The van der Waals surface area contributed by atoms with Gasteiger partial charge in [0.1, 0.15) is 0 Å². The average Bonchev–Trinajstić information content (AvgIpc) is 2.30. The molecule has 88 valence electrons. The van der Waals surface area contributed by atoms with E-state index in [1.54, 1.807) is 11.8 Å². The second-order valence-electron chi connectivity index (χ2n) is 3.76. The van der Waals surface area contributed by atoms with Gasteiger partial charge >= 0.3 is 0 Å². The molecule has 0 amide bonds. The van der Waals surface area contributed by atoms with Crippen LogP contribution in [0.15, 0.2) is 51.8 Å². The fourth-order valence-electron chi connectivity index (χ4n) is 1.74. The van der Waals surface area contributed by atoms with E-state index in [1.165, 1.54) is 11.1 Å². The molecule has 0 aliphatic carbocycles. The van der Waals surface area contributed by atoms with Crippen molar-refractivity contribution in [3.05, 3.63) is 63.1 Å². The Kier molecular flexibility index (Phi) is 4.55. The Morgan fingerprint density at radius 2 is 1.82 bits per heavy atom. The molecule has 0 aliphatic rings. The van der Waals surface area contributed by atoms with Crippen molar-refractivity contribution in [2.75, 3.05) is 6.26 Å². The molecule has 0 radical (unpaired) electrons. The van der Waals surface area contributed by atoms with Gasteiger partial charge in [-0.2, -0.15) is 0 Å². The van der Waals surface area contributed by atoms with Crippen LogP contribution in [-0.4, -0.2) is 6.26 Å². The number of halogens is 2. The summed E-state index contributed by atoms with van der Waals surface area (Å²) in [6.07, 6.45) is 2.94. The molecule has 0 nitrogen and oxygen atoms in total. The Bertz CT molecular complexity index is 488. The summed E-state index contributed by atoms with van der Waals surface area (Å²) in [7, 11) is 0. The maximum atomic E-state index is 6.25. The molecule has 0 atom stereocenters. The van der Waals surface area contributed by atoms with Gasteiger partial charge in [0.2, 0.25) is 0 Å². The van der Waals surface area contributed by atoms with Crippen molar-refractivity contribution in [1.29, 1.82) is 0 Å². The second kappa shape index (κ2) is 5.94. The third kappa shape index (κ3) is 3.27. The van der Waals surface area contributed by atoms with Gasteiger partial charge in [0.25, 0.3) is 0 Å². The van der Waals surface area contributed by atoms with Crippen LogP contribution in [0.4, 0.5) is 0 Å². The van der Waals surface area contributed by atoms with E-state index < -0.39 is 0 Å². The molecule has 0 fully saturated rings. The number of hydrogen-bond donors (Lipinski definition) is 0. The summed E-state index contributed by atoms with van der Waals surface area (Å²) >= 11 is 11.5. The summed E-state index contributed by atoms with van der Waals surface area (Å²) in [5, 5.41) is 0.817. The van der Waals surface area contributed by atoms with Crippen molar-refractivity contribution in [1.82, 2.24) is 0 Å². The van der Waals surface area contributed by atoms with E-state index in [0.717, 1.165) is 20.8 Å². The second-order valence-corrected chi connectivity index (χ2v) is 5.83. The van der Waals surface area contributed by atoms with E-state index in [-0.39, 0.29) is 0 Å². The van der Waals surface area contributed by atoms with Crippen molar-refractivity contribution < 1.29 is 0 Å². The normalized spacial score (nSPS) is 10.5. The molecule has 17 heavy (non-hydrogen) atoms. The lowest BCUT2D eigenvalue weighted by Crippen LogP contribution is -1.89. The highest BCUT2D eigenvalue weighted by molar-refractivity contribution is 9.10. The lowest BCUT2D eigenvalue weighted by Gasteiger charge is -2.08. The molecule has 0 saturated carbocycles. The Balaban J connectivity index is 2.29. The van der Waals surface area contributed by atoms with Crippen LogP contribution in [0.3, 0.4) is 0 Å². The quantitative estimate of drug-likeness (QED) is 0.679. The van der Waals surface area contributed by atoms with Crippen molar-refractivity contribution in [2.45, 2.75) is 11.3 Å². The first-order valence-corrected chi connectivity index (χ1v) is 7.66. The predicted molar refractivity (Wildman–Crippen MR) is 80.2 cm³/mol. The Morgan fingerprint density at radius 1 is 1.12 bits per heavy atom. The van der Waals surface area contributed by atoms with Gasteiger partial charge in [0.15, 0.2) is 0 Å². The summed E-state index contributed by atoms with van der Waals surface area (Å²) < 4.78 is 1.07. The van der Waals surface area contributed by atoms with Crippen molar-refractivity contribution in [3.63, 3.8) is 0 Å². The molecule has 2 aromatic rings. The van der Waals surface area contributed by atoms with Crippen molar-refractivity contribution in [2.24, 2.45) is 0 Å². The third-order valence-corrected chi connectivity index (χ3v) is 4.66. The monoisotopic (exact) mass is 326 g/mol. The molecular weight excluding hydrogens is 316 g/mol. The van der Waals surface area contributed by atoms with Crippen LogP contribution in [-0.2, 0) is 6.42 Å². The highest BCUT2D eigenvalue weighted by atomic mass is 79.9. The van der Waals surface area contributed by atoms with Crippen molar-refractivity contribution >= 4 is 39.3 Å². The van der Waals surface area contributed by atoms with Gasteiger partial charge in [-0.1, -0.05) is 41.9 Å². The smallest absolute Gasteiger partial charge is 0.0556 e. The SMILES string of the molecule is CSc1c(Cl)cc(Cc2ccccc2)cc1Br. The first-order valence-electron chi connectivity index (χ1n) is 5.26. The topological polar surface area (TPSA) is 0 Å². The molecule has 3 heteroatoms. The molecular formula is C14H12BrClS. The number of benzene rings is 2. The van der Waals surface area contributed by atoms with Crippen LogP contribution in [0, 0.1) is 0 Å². The Hall–Kier alpha value is -0.440. The van der Waals surface area contributed by atoms with E-state index in [4.69, 9.17) is 11.6 Å². The first-order chi connectivity index (χ1) is 8.20. The van der Waals surface area contributed by atoms with E-state index in [0.29, 0.717) is 0 Å². The molecule has 0 bridgehead atoms. The van der Waals surface area contributed by atoms with Gasteiger partial charge in [-0.05, 0) is 51.9 Å². The molecule has 0 spiro atoms. The standard InChI is InChI=1S/C14H12BrClS/c1-17-14-12(15)8-11(9-13(14)16)7-10-5-3-2-4-6-10/h2-6,8-9H,7H2,1H3. The Labute approximate surface area is 120 Å². The molecule has 2 rings (SSSR count). The Morgan fingerprint density at radius 3 is 2.41 bits per heavy atom. The summed E-state index contributed by atoms with van der Waals surface area (Å²) in [6.45, 7) is 0. The zero-order valence-corrected chi connectivity index (χ0v) is 12.6. The predicted octanol–water partition coefficient (Wildman–Crippen LogP) is 5.42. The van der Waals surface area contributed by atoms with E-state index in [2.05, 4.69) is 46.3 Å². The fraction of sp³-hybridized carbons (Fsp3) is 0.143. The van der Waals surface area contributed by atoms with Gasteiger partial charge in [-0.15, -0.1) is 11.8 Å². The summed E-state index contributed by atoms with van der Waals surface area (Å²) in [6, 6.07) is 14.6. The lowest BCUT2D eigenvalue weighted by molar-refractivity contribution is 1.17. The van der Waals surface area contributed by atoms with Gasteiger partial charge in [-0.25, -0.2) is 0 Å². The number of thioether (sulfide) groups is 1. The van der Waals surface area contributed by atoms with E-state index >= 15 is 0 Å². The molecule has 0 heterocycles. The van der Waals surface area contributed by atoms with Crippen LogP contribution in [0.25, 0.3) is 0 Å². The fourth-order valence-corrected chi connectivity index (χ4v) is 3.83. The first kappa shape index (κ1) is 13.0. The van der Waals surface area contributed by atoms with Crippen molar-refractivity contribution in [3.8, 4) is 0 Å². The maximum Gasteiger partial charge on any atom is 0.0556 e. The summed E-state index contributed by atoms with van der Waals surface area (Å²) in [5.74, 6) is 0. The molecule has 0 aliphatic heterocycles. The summed E-state index contributed by atoms with van der Waals surface area (Å²) in [4.78, 5) is 1.10. The van der Waals surface area contributed by atoms with Crippen LogP contribution < -0.4 is 0 Å². The van der Waals surface area contributed by atoms with Crippen LogP contribution in [0.2, 0.25) is 5.02 Å². The molecule has 0 unspecified atom stereocenters. The number of rotatable bonds is 3. The van der Waals surface area contributed by atoms with Gasteiger partial charge in [-0.3, -0.25) is 0 Å². The zero-order chi connectivity index (χ0) is 12.3. The van der Waals surface area contributed by atoms with Crippen LogP contribution >= 0.6 is 39.3 Å². The van der Waals surface area contributed by atoms with E-state index in [9.17, 15) is 0 Å². The zero-order valence-electron chi connectivity index (χ0n) is 9.41. The molecule has 0 saturated heterocycles. The maximum absolute atomic E-state index is 6.25. The highest BCUT2D eigenvalue weighted by Gasteiger charge is 2.07. The number of hydrogen-bond acceptors (Lipinski definition) is 1. The lowest BCUT2D eigenvalue weighted by atomic mass is 10.1. The minimum atomic E-state index is 0.817. The van der Waals surface area contributed by atoms with Gasteiger partial charge < -0.3 is 0 Å². The highest BCUT2D eigenvalue weighted by Crippen LogP contribution is 2.34. The van der Waals surface area contributed by atoms with E-state index in [1.807, 2.05) is 18.4 Å². The van der Waals surface area contributed by atoms with Crippen LogP contribution in [0.1, 0.15) is 11.1 Å². The average molecular weight is 328 g/mol. The minimum Gasteiger partial charge on any atom is -0.127 e.